The number of rotatable bonds is 6. The van der Waals surface area contributed by atoms with Gasteiger partial charge < -0.3 is 14.4 Å². The zero-order valence-corrected chi connectivity index (χ0v) is 14.7. The van der Waals surface area contributed by atoms with Crippen LogP contribution in [0.5, 0.6) is 11.5 Å². The SMILES string of the molecule is COc1ccc(C=CC(=O)N(C)Cc2ccc(Cl)cc2)cc1OC. The van der Waals surface area contributed by atoms with Gasteiger partial charge in [-0.15, -0.1) is 0 Å². The van der Waals surface area contributed by atoms with Gasteiger partial charge >= 0.3 is 0 Å². The van der Waals surface area contributed by atoms with Crippen molar-refractivity contribution in [1.82, 2.24) is 4.90 Å². The molecule has 0 fully saturated rings. The molecule has 0 saturated heterocycles. The minimum absolute atomic E-state index is 0.0836. The zero-order valence-electron chi connectivity index (χ0n) is 14.0. The quantitative estimate of drug-likeness (QED) is 0.742. The van der Waals surface area contributed by atoms with Crippen molar-refractivity contribution in [1.29, 1.82) is 0 Å². The normalized spacial score (nSPS) is 10.7. The number of methoxy groups -OCH3 is 2. The summed E-state index contributed by atoms with van der Waals surface area (Å²) in [6, 6.07) is 12.9. The predicted molar refractivity (Wildman–Crippen MR) is 96.5 cm³/mol. The summed E-state index contributed by atoms with van der Waals surface area (Å²) in [5.41, 5.74) is 1.88. The lowest BCUT2D eigenvalue weighted by atomic mass is 10.1. The lowest BCUT2D eigenvalue weighted by molar-refractivity contribution is -0.125. The van der Waals surface area contributed by atoms with Crippen molar-refractivity contribution >= 4 is 23.6 Å². The summed E-state index contributed by atoms with van der Waals surface area (Å²) in [6.07, 6.45) is 3.29. The van der Waals surface area contributed by atoms with Gasteiger partial charge in [0.2, 0.25) is 5.91 Å². The highest BCUT2D eigenvalue weighted by atomic mass is 35.5. The molecule has 0 aromatic heterocycles. The minimum Gasteiger partial charge on any atom is -0.493 e. The third-order valence-corrected chi connectivity index (χ3v) is 3.79. The summed E-state index contributed by atoms with van der Waals surface area (Å²) >= 11 is 5.86. The van der Waals surface area contributed by atoms with E-state index in [4.69, 9.17) is 21.1 Å². The van der Waals surface area contributed by atoms with E-state index in [-0.39, 0.29) is 5.91 Å². The van der Waals surface area contributed by atoms with Gasteiger partial charge in [0.1, 0.15) is 0 Å². The summed E-state index contributed by atoms with van der Waals surface area (Å²) in [7, 11) is 4.93. The van der Waals surface area contributed by atoms with E-state index in [1.165, 1.54) is 6.08 Å². The van der Waals surface area contributed by atoms with Crippen LogP contribution in [0.4, 0.5) is 0 Å². The van der Waals surface area contributed by atoms with Gasteiger partial charge in [-0.25, -0.2) is 0 Å². The third-order valence-electron chi connectivity index (χ3n) is 3.54. The van der Waals surface area contributed by atoms with Crippen LogP contribution in [0.2, 0.25) is 5.02 Å². The highest BCUT2D eigenvalue weighted by molar-refractivity contribution is 6.30. The number of hydrogen-bond donors (Lipinski definition) is 0. The Morgan fingerprint density at radius 3 is 2.38 bits per heavy atom. The second kappa shape index (κ2) is 8.41. The van der Waals surface area contributed by atoms with Crippen LogP contribution < -0.4 is 9.47 Å². The topological polar surface area (TPSA) is 38.8 Å². The lowest BCUT2D eigenvalue weighted by Crippen LogP contribution is -2.24. The maximum absolute atomic E-state index is 12.2. The van der Waals surface area contributed by atoms with Crippen LogP contribution in [0.1, 0.15) is 11.1 Å². The molecule has 24 heavy (non-hydrogen) atoms. The molecule has 0 heterocycles. The Morgan fingerprint density at radius 1 is 1.08 bits per heavy atom. The Bertz CT molecular complexity index is 726. The molecule has 0 radical (unpaired) electrons. The van der Waals surface area contributed by atoms with Gasteiger partial charge in [-0.05, 0) is 41.5 Å². The van der Waals surface area contributed by atoms with Gasteiger partial charge in [0.05, 0.1) is 14.2 Å². The first-order valence-electron chi connectivity index (χ1n) is 7.43. The van der Waals surface area contributed by atoms with Crippen LogP contribution in [-0.4, -0.2) is 32.1 Å². The number of nitrogens with zero attached hydrogens (tertiary/aromatic N) is 1. The Morgan fingerprint density at radius 2 is 1.75 bits per heavy atom. The first-order chi connectivity index (χ1) is 11.5. The standard InChI is InChI=1S/C19H20ClNO3/c1-21(13-15-4-8-16(20)9-5-15)19(22)11-7-14-6-10-17(23-2)18(12-14)24-3/h4-12H,13H2,1-3H3. The van der Waals surface area contributed by atoms with Crippen LogP contribution in [0, 0.1) is 0 Å². The Balaban J connectivity index is 2.02. The average Bonchev–Trinajstić information content (AvgIpc) is 2.61. The number of hydrogen-bond acceptors (Lipinski definition) is 3. The van der Waals surface area contributed by atoms with Gasteiger partial charge in [-0.3, -0.25) is 4.79 Å². The summed E-state index contributed by atoms with van der Waals surface area (Å²) in [5.74, 6) is 1.20. The second-order valence-electron chi connectivity index (χ2n) is 5.27. The van der Waals surface area contributed by atoms with Gasteiger partial charge in [-0.2, -0.15) is 0 Å². The molecule has 0 bridgehead atoms. The summed E-state index contributed by atoms with van der Waals surface area (Å²) in [4.78, 5) is 13.9. The van der Waals surface area contributed by atoms with Gasteiger partial charge in [0, 0.05) is 24.7 Å². The molecule has 2 aromatic rings. The van der Waals surface area contributed by atoms with Crippen molar-refractivity contribution in [2.24, 2.45) is 0 Å². The van der Waals surface area contributed by atoms with Crippen LogP contribution in [0.3, 0.4) is 0 Å². The number of ether oxygens (including phenoxy) is 2. The van der Waals surface area contributed by atoms with Crippen molar-refractivity contribution in [3.05, 3.63) is 64.7 Å². The molecule has 4 nitrogen and oxygen atoms in total. The summed E-state index contributed by atoms with van der Waals surface area (Å²) in [5, 5.41) is 0.682. The van der Waals surface area contributed by atoms with E-state index in [1.54, 1.807) is 38.3 Å². The molecular formula is C19H20ClNO3. The third kappa shape index (κ3) is 4.77. The molecule has 0 unspecified atom stereocenters. The van der Waals surface area contributed by atoms with Crippen LogP contribution in [0.15, 0.2) is 48.5 Å². The first-order valence-corrected chi connectivity index (χ1v) is 7.81. The first kappa shape index (κ1) is 17.9. The fraction of sp³-hybridized carbons (Fsp3) is 0.211. The predicted octanol–water partition coefficient (Wildman–Crippen LogP) is 4.03. The van der Waals surface area contributed by atoms with E-state index in [1.807, 2.05) is 36.4 Å². The molecule has 0 N–H and O–H groups in total. The Kier molecular flexibility index (Phi) is 6.27. The number of likely N-dealkylation sites (N-methyl/N-ethyl adjacent to an activating group) is 1. The van der Waals surface area contributed by atoms with Crippen molar-refractivity contribution in [3.8, 4) is 11.5 Å². The van der Waals surface area contributed by atoms with E-state index in [0.29, 0.717) is 23.1 Å². The molecular weight excluding hydrogens is 326 g/mol. The molecule has 0 aliphatic carbocycles. The smallest absolute Gasteiger partial charge is 0.246 e. The van der Waals surface area contributed by atoms with E-state index in [2.05, 4.69) is 0 Å². The summed E-state index contributed by atoms with van der Waals surface area (Å²) in [6.45, 7) is 0.520. The molecule has 1 amide bonds. The van der Waals surface area contributed by atoms with Crippen molar-refractivity contribution in [3.63, 3.8) is 0 Å². The maximum Gasteiger partial charge on any atom is 0.246 e. The van der Waals surface area contributed by atoms with E-state index < -0.39 is 0 Å². The van der Waals surface area contributed by atoms with Crippen molar-refractivity contribution in [2.45, 2.75) is 6.54 Å². The van der Waals surface area contributed by atoms with E-state index in [0.717, 1.165) is 11.1 Å². The average molecular weight is 346 g/mol. The number of halogens is 1. The van der Waals surface area contributed by atoms with Gasteiger partial charge in [-0.1, -0.05) is 29.8 Å². The molecule has 0 spiro atoms. The van der Waals surface area contributed by atoms with E-state index in [9.17, 15) is 4.79 Å². The highest BCUT2D eigenvalue weighted by Gasteiger charge is 2.07. The Hall–Kier alpha value is -2.46. The molecule has 0 atom stereocenters. The number of carbonyl (C=O) groups excluding carboxylic acids is 1. The number of amides is 1. The minimum atomic E-state index is -0.0836. The van der Waals surface area contributed by atoms with E-state index >= 15 is 0 Å². The number of carbonyl (C=O) groups is 1. The van der Waals surface area contributed by atoms with Crippen molar-refractivity contribution < 1.29 is 14.3 Å². The van der Waals surface area contributed by atoms with Crippen molar-refractivity contribution in [2.75, 3.05) is 21.3 Å². The fourth-order valence-corrected chi connectivity index (χ4v) is 2.32. The molecule has 2 aromatic carbocycles. The lowest BCUT2D eigenvalue weighted by Gasteiger charge is -2.15. The van der Waals surface area contributed by atoms with Crippen LogP contribution in [-0.2, 0) is 11.3 Å². The molecule has 0 saturated carbocycles. The monoisotopic (exact) mass is 345 g/mol. The molecule has 0 aliphatic heterocycles. The van der Waals surface area contributed by atoms with Gasteiger partial charge in [0.25, 0.3) is 0 Å². The zero-order chi connectivity index (χ0) is 17.5. The molecule has 5 heteroatoms. The molecule has 0 aliphatic rings. The molecule has 2 rings (SSSR count). The highest BCUT2D eigenvalue weighted by Crippen LogP contribution is 2.28. The largest absolute Gasteiger partial charge is 0.493 e. The fourth-order valence-electron chi connectivity index (χ4n) is 2.19. The molecule has 126 valence electrons. The van der Waals surface area contributed by atoms with Crippen LogP contribution in [0.25, 0.3) is 6.08 Å². The van der Waals surface area contributed by atoms with Gasteiger partial charge in [0.15, 0.2) is 11.5 Å². The van der Waals surface area contributed by atoms with Crippen LogP contribution >= 0.6 is 11.6 Å². The second-order valence-corrected chi connectivity index (χ2v) is 5.70. The number of benzene rings is 2. The summed E-state index contributed by atoms with van der Waals surface area (Å²) < 4.78 is 10.5. The Labute approximate surface area is 147 Å². The maximum atomic E-state index is 12.2.